The summed E-state index contributed by atoms with van der Waals surface area (Å²) in [6, 6.07) is 19.5. The minimum atomic E-state index is -0.406. The van der Waals surface area contributed by atoms with Gasteiger partial charge >= 0.3 is 11.9 Å². The predicted molar refractivity (Wildman–Crippen MR) is 115 cm³/mol. The van der Waals surface area contributed by atoms with Crippen molar-refractivity contribution in [2.24, 2.45) is 0 Å². The van der Waals surface area contributed by atoms with E-state index in [-0.39, 0.29) is 6.61 Å². The number of ether oxygens (including phenoxy) is 2. The molecule has 0 bridgehead atoms. The van der Waals surface area contributed by atoms with Crippen molar-refractivity contribution in [2.75, 3.05) is 13.2 Å². The number of hydrogen-bond acceptors (Lipinski definition) is 5. The fourth-order valence-electron chi connectivity index (χ4n) is 3.18. The SMILES string of the molecule is CCOC(=O)c1cccc(-c2ccc(C=O)cc2-c2cccc(C(=O)OCC)c2)c1. The zero-order valence-corrected chi connectivity index (χ0v) is 16.9. The maximum atomic E-state index is 12.2. The lowest BCUT2D eigenvalue weighted by Gasteiger charge is -2.13. The Balaban J connectivity index is 2.12. The van der Waals surface area contributed by atoms with Crippen LogP contribution in [-0.4, -0.2) is 31.4 Å². The Kier molecular flexibility index (Phi) is 6.75. The predicted octanol–water partition coefficient (Wildman–Crippen LogP) is 5.19. The topological polar surface area (TPSA) is 69.7 Å². The van der Waals surface area contributed by atoms with E-state index < -0.39 is 11.9 Å². The standard InChI is InChI=1S/C25H22O5/c1-3-29-24(27)20-9-5-7-18(14-20)22-12-11-17(16-26)13-23(22)19-8-6-10-21(15-19)25(28)30-4-2/h5-16H,3-4H2,1-2H3. The van der Waals surface area contributed by atoms with Gasteiger partial charge in [-0.1, -0.05) is 36.4 Å². The number of esters is 2. The van der Waals surface area contributed by atoms with E-state index in [1.165, 1.54) is 0 Å². The smallest absolute Gasteiger partial charge is 0.338 e. The van der Waals surface area contributed by atoms with Crippen LogP contribution in [-0.2, 0) is 9.47 Å². The van der Waals surface area contributed by atoms with Gasteiger partial charge in [-0.25, -0.2) is 9.59 Å². The molecule has 5 nitrogen and oxygen atoms in total. The second kappa shape index (κ2) is 9.65. The van der Waals surface area contributed by atoms with Crippen LogP contribution in [0.4, 0.5) is 0 Å². The first-order chi connectivity index (χ1) is 14.6. The third kappa shape index (κ3) is 4.63. The van der Waals surface area contributed by atoms with Crippen LogP contribution in [0.1, 0.15) is 44.9 Å². The molecule has 30 heavy (non-hydrogen) atoms. The number of carbonyl (C=O) groups excluding carboxylic acids is 3. The molecule has 0 aliphatic heterocycles. The molecule has 0 N–H and O–H groups in total. The Bertz CT molecular complexity index is 1080. The molecule has 0 aromatic heterocycles. The van der Waals surface area contributed by atoms with Crippen LogP contribution in [0.2, 0.25) is 0 Å². The maximum Gasteiger partial charge on any atom is 0.338 e. The Morgan fingerprint density at radius 3 is 1.77 bits per heavy atom. The lowest BCUT2D eigenvalue weighted by molar-refractivity contribution is 0.0517. The number of hydrogen-bond donors (Lipinski definition) is 0. The van der Waals surface area contributed by atoms with Gasteiger partial charge in [0.2, 0.25) is 0 Å². The van der Waals surface area contributed by atoms with Crippen LogP contribution in [0.25, 0.3) is 22.3 Å². The van der Waals surface area contributed by atoms with Crippen LogP contribution >= 0.6 is 0 Å². The Morgan fingerprint density at radius 2 is 1.27 bits per heavy atom. The fourth-order valence-corrected chi connectivity index (χ4v) is 3.18. The molecule has 0 fully saturated rings. The Hall–Kier alpha value is -3.73. The van der Waals surface area contributed by atoms with Crippen molar-refractivity contribution in [3.8, 4) is 22.3 Å². The van der Waals surface area contributed by atoms with Crippen molar-refractivity contribution in [3.63, 3.8) is 0 Å². The van der Waals surface area contributed by atoms with Crippen molar-refractivity contribution in [1.29, 1.82) is 0 Å². The summed E-state index contributed by atoms with van der Waals surface area (Å²) in [6.07, 6.45) is 0.775. The molecular formula is C25H22O5. The van der Waals surface area contributed by atoms with Crippen LogP contribution in [0, 0.1) is 0 Å². The highest BCUT2D eigenvalue weighted by molar-refractivity contribution is 5.95. The van der Waals surface area contributed by atoms with Crippen LogP contribution in [0.3, 0.4) is 0 Å². The Labute approximate surface area is 175 Å². The normalized spacial score (nSPS) is 10.3. The molecule has 0 atom stereocenters. The summed E-state index contributed by atoms with van der Waals surface area (Å²) in [5.41, 5.74) is 4.55. The fraction of sp³-hybridized carbons (Fsp3) is 0.160. The summed E-state index contributed by atoms with van der Waals surface area (Å²) in [7, 11) is 0. The number of rotatable bonds is 7. The summed E-state index contributed by atoms with van der Waals surface area (Å²) < 4.78 is 10.2. The second-order valence-electron chi connectivity index (χ2n) is 6.53. The zero-order chi connectivity index (χ0) is 21.5. The molecule has 0 aliphatic carbocycles. The molecule has 3 aromatic rings. The van der Waals surface area contributed by atoms with Crippen LogP contribution in [0.5, 0.6) is 0 Å². The molecule has 3 aromatic carbocycles. The van der Waals surface area contributed by atoms with Crippen molar-refractivity contribution in [2.45, 2.75) is 13.8 Å². The molecule has 0 aliphatic rings. The van der Waals surface area contributed by atoms with Gasteiger partial charge in [-0.3, -0.25) is 4.79 Å². The second-order valence-corrected chi connectivity index (χ2v) is 6.53. The van der Waals surface area contributed by atoms with Crippen LogP contribution in [0.15, 0.2) is 66.7 Å². The molecule has 0 saturated carbocycles. The highest BCUT2D eigenvalue weighted by atomic mass is 16.5. The summed E-state index contributed by atoms with van der Waals surface area (Å²) >= 11 is 0. The van der Waals surface area contributed by atoms with Gasteiger partial charge in [0.15, 0.2) is 0 Å². The molecule has 0 spiro atoms. The molecule has 5 heteroatoms. The average Bonchev–Trinajstić information content (AvgIpc) is 2.79. The number of benzene rings is 3. The van der Waals surface area contributed by atoms with Gasteiger partial charge in [0.25, 0.3) is 0 Å². The largest absolute Gasteiger partial charge is 0.462 e. The van der Waals surface area contributed by atoms with E-state index in [4.69, 9.17) is 9.47 Å². The maximum absolute atomic E-state index is 12.2. The molecular weight excluding hydrogens is 380 g/mol. The first-order valence-corrected chi connectivity index (χ1v) is 9.71. The van der Waals surface area contributed by atoms with E-state index in [0.29, 0.717) is 23.3 Å². The summed E-state index contributed by atoms with van der Waals surface area (Å²) in [6.45, 7) is 4.09. The molecule has 3 rings (SSSR count). The molecule has 0 heterocycles. The van der Waals surface area contributed by atoms with Gasteiger partial charge in [0, 0.05) is 5.56 Å². The van der Waals surface area contributed by atoms with Gasteiger partial charge in [0.05, 0.1) is 24.3 Å². The van der Waals surface area contributed by atoms with Gasteiger partial charge in [-0.15, -0.1) is 0 Å². The van der Waals surface area contributed by atoms with Crippen molar-refractivity contribution >= 4 is 18.2 Å². The van der Waals surface area contributed by atoms with Crippen molar-refractivity contribution in [3.05, 3.63) is 83.4 Å². The van der Waals surface area contributed by atoms with E-state index in [0.717, 1.165) is 28.5 Å². The third-order valence-corrected chi connectivity index (χ3v) is 4.55. The minimum Gasteiger partial charge on any atom is -0.462 e. The highest BCUT2D eigenvalue weighted by Gasteiger charge is 2.14. The van der Waals surface area contributed by atoms with Gasteiger partial charge in [-0.2, -0.15) is 0 Å². The van der Waals surface area contributed by atoms with E-state index in [1.807, 2.05) is 18.2 Å². The van der Waals surface area contributed by atoms with Crippen molar-refractivity contribution < 1.29 is 23.9 Å². The summed E-state index contributed by atoms with van der Waals surface area (Å²) in [5.74, 6) is -0.800. The quantitative estimate of drug-likeness (QED) is 0.402. The highest BCUT2D eigenvalue weighted by Crippen LogP contribution is 2.34. The van der Waals surface area contributed by atoms with E-state index >= 15 is 0 Å². The minimum absolute atomic E-state index is 0.287. The lowest BCUT2D eigenvalue weighted by Crippen LogP contribution is -2.05. The molecule has 0 unspecified atom stereocenters. The lowest BCUT2D eigenvalue weighted by atomic mass is 9.91. The average molecular weight is 402 g/mol. The zero-order valence-electron chi connectivity index (χ0n) is 16.9. The van der Waals surface area contributed by atoms with E-state index in [1.54, 1.807) is 62.4 Å². The molecule has 0 radical (unpaired) electrons. The first-order valence-electron chi connectivity index (χ1n) is 9.71. The van der Waals surface area contributed by atoms with Gasteiger partial charge in [0.1, 0.15) is 6.29 Å². The first kappa shape index (κ1) is 21.0. The summed E-state index contributed by atoms with van der Waals surface area (Å²) in [5, 5.41) is 0. The van der Waals surface area contributed by atoms with Crippen LogP contribution < -0.4 is 0 Å². The number of aldehydes is 1. The monoisotopic (exact) mass is 402 g/mol. The number of carbonyl (C=O) groups is 3. The van der Waals surface area contributed by atoms with E-state index in [2.05, 4.69) is 0 Å². The van der Waals surface area contributed by atoms with Gasteiger partial charge < -0.3 is 9.47 Å². The Morgan fingerprint density at radius 1 is 0.733 bits per heavy atom. The molecule has 152 valence electrons. The van der Waals surface area contributed by atoms with Gasteiger partial charge in [-0.05, 0) is 66.4 Å². The summed E-state index contributed by atoms with van der Waals surface area (Å²) in [4.78, 5) is 35.7. The molecule has 0 saturated heterocycles. The third-order valence-electron chi connectivity index (χ3n) is 4.55. The van der Waals surface area contributed by atoms with E-state index in [9.17, 15) is 14.4 Å². The molecule has 0 amide bonds. The van der Waals surface area contributed by atoms with Crippen molar-refractivity contribution in [1.82, 2.24) is 0 Å².